The Morgan fingerprint density at radius 2 is 1.90 bits per heavy atom. The number of rotatable bonds is 5. The van der Waals surface area contributed by atoms with Crippen LogP contribution >= 0.6 is 0 Å². The standard InChI is InChI=1S/C23H19N3O3/c1-14(23(27)26-16-7-5-6-15(10-16)13-24)25-19-12-21-18(11-22(19)28-2)17-8-3-4-9-20(17)29-21/h3-12,14,25H,1-2H3,(H,26,27)/t14-/m0/s1. The molecule has 0 saturated heterocycles. The van der Waals surface area contributed by atoms with Gasteiger partial charge in [-0.25, -0.2) is 0 Å². The van der Waals surface area contributed by atoms with Crippen LogP contribution in [0.25, 0.3) is 21.9 Å². The molecule has 0 unspecified atom stereocenters. The summed E-state index contributed by atoms with van der Waals surface area (Å²) in [5.41, 5.74) is 3.23. The van der Waals surface area contributed by atoms with Crippen LogP contribution in [0.2, 0.25) is 0 Å². The first-order valence-electron chi connectivity index (χ1n) is 9.16. The third kappa shape index (κ3) is 3.58. The summed E-state index contributed by atoms with van der Waals surface area (Å²) >= 11 is 0. The first kappa shape index (κ1) is 18.4. The van der Waals surface area contributed by atoms with Crippen molar-refractivity contribution >= 4 is 39.2 Å². The van der Waals surface area contributed by atoms with E-state index in [0.29, 0.717) is 28.3 Å². The van der Waals surface area contributed by atoms with Crippen LogP contribution in [0.3, 0.4) is 0 Å². The van der Waals surface area contributed by atoms with E-state index in [1.807, 2.05) is 36.4 Å². The first-order valence-corrected chi connectivity index (χ1v) is 9.16. The quantitative estimate of drug-likeness (QED) is 0.510. The fourth-order valence-electron chi connectivity index (χ4n) is 3.25. The summed E-state index contributed by atoms with van der Waals surface area (Å²) < 4.78 is 11.5. The second-order valence-electron chi connectivity index (χ2n) is 6.69. The number of nitriles is 1. The van der Waals surface area contributed by atoms with E-state index in [9.17, 15) is 4.79 Å². The maximum atomic E-state index is 12.6. The van der Waals surface area contributed by atoms with Crippen molar-refractivity contribution in [3.63, 3.8) is 0 Å². The number of anilines is 2. The third-order valence-electron chi connectivity index (χ3n) is 4.72. The van der Waals surface area contributed by atoms with Gasteiger partial charge in [0.1, 0.15) is 23.0 Å². The molecule has 0 radical (unpaired) electrons. The highest BCUT2D eigenvalue weighted by atomic mass is 16.5. The summed E-state index contributed by atoms with van der Waals surface area (Å²) in [7, 11) is 1.59. The molecule has 1 heterocycles. The summed E-state index contributed by atoms with van der Waals surface area (Å²) in [5.74, 6) is 0.391. The molecule has 4 rings (SSSR count). The van der Waals surface area contributed by atoms with Crippen LogP contribution in [-0.2, 0) is 4.79 Å². The highest BCUT2D eigenvalue weighted by Gasteiger charge is 2.17. The number of carbonyl (C=O) groups is 1. The fraction of sp³-hybridized carbons (Fsp3) is 0.130. The Hall–Kier alpha value is -3.98. The molecule has 144 valence electrons. The molecule has 0 fully saturated rings. The van der Waals surface area contributed by atoms with E-state index < -0.39 is 6.04 Å². The molecule has 1 aromatic heterocycles. The van der Waals surface area contributed by atoms with Crippen molar-refractivity contribution in [3.8, 4) is 11.8 Å². The molecule has 0 aliphatic heterocycles. The number of benzene rings is 3. The minimum Gasteiger partial charge on any atom is -0.495 e. The zero-order valence-corrected chi connectivity index (χ0v) is 16.0. The van der Waals surface area contributed by atoms with E-state index in [4.69, 9.17) is 14.4 Å². The number of fused-ring (bicyclic) bond motifs is 3. The first-order chi connectivity index (χ1) is 14.1. The van der Waals surface area contributed by atoms with Gasteiger partial charge in [0.15, 0.2) is 0 Å². The lowest BCUT2D eigenvalue weighted by Crippen LogP contribution is -2.32. The molecular weight excluding hydrogens is 366 g/mol. The number of methoxy groups -OCH3 is 1. The van der Waals surface area contributed by atoms with Gasteiger partial charge in [-0.2, -0.15) is 5.26 Å². The zero-order chi connectivity index (χ0) is 20.4. The van der Waals surface area contributed by atoms with Crippen LogP contribution in [0.1, 0.15) is 12.5 Å². The van der Waals surface area contributed by atoms with Gasteiger partial charge >= 0.3 is 0 Å². The van der Waals surface area contributed by atoms with Gasteiger partial charge in [-0.1, -0.05) is 24.3 Å². The van der Waals surface area contributed by atoms with Gasteiger partial charge in [0, 0.05) is 22.5 Å². The highest BCUT2D eigenvalue weighted by molar-refractivity contribution is 6.07. The van der Waals surface area contributed by atoms with Gasteiger partial charge < -0.3 is 19.8 Å². The molecule has 6 nitrogen and oxygen atoms in total. The molecule has 0 aliphatic carbocycles. The van der Waals surface area contributed by atoms with E-state index >= 15 is 0 Å². The number of para-hydroxylation sites is 1. The Morgan fingerprint density at radius 3 is 2.69 bits per heavy atom. The van der Waals surface area contributed by atoms with E-state index in [0.717, 1.165) is 16.4 Å². The van der Waals surface area contributed by atoms with Crippen molar-refractivity contribution < 1.29 is 13.9 Å². The number of nitrogens with zero attached hydrogens (tertiary/aromatic N) is 1. The van der Waals surface area contributed by atoms with Gasteiger partial charge in [-0.05, 0) is 37.3 Å². The molecule has 0 aliphatic rings. The average molecular weight is 385 g/mol. The van der Waals surface area contributed by atoms with Crippen molar-refractivity contribution in [1.29, 1.82) is 5.26 Å². The summed E-state index contributed by atoms with van der Waals surface area (Å²) in [4.78, 5) is 12.6. The highest BCUT2D eigenvalue weighted by Crippen LogP contribution is 2.36. The average Bonchev–Trinajstić information content (AvgIpc) is 3.10. The summed E-state index contributed by atoms with van der Waals surface area (Å²) in [6, 6.07) is 19.9. The molecule has 6 heteroatoms. The monoisotopic (exact) mass is 385 g/mol. The summed E-state index contributed by atoms with van der Waals surface area (Å²) in [6.07, 6.45) is 0. The van der Waals surface area contributed by atoms with E-state index in [1.165, 1.54) is 0 Å². The van der Waals surface area contributed by atoms with Crippen molar-refractivity contribution in [3.05, 3.63) is 66.2 Å². The number of nitrogens with one attached hydrogen (secondary N) is 2. The maximum absolute atomic E-state index is 12.6. The number of hydrogen-bond donors (Lipinski definition) is 2. The van der Waals surface area contributed by atoms with Crippen LogP contribution in [0.4, 0.5) is 11.4 Å². The topological polar surface area (TPSA) is 87.3 Å². The lowest BCUT2D eigenvalue weighted by atomic mass is 10.1. The molecule has 2 N–H and O–H groups in total. The van der Waals surface area contributed by atoms with E-state index in [2.05, 4.69) is 16.7 Å². The SMILES string of the molecule is COc1cc2c(cc1N[C@@H](C)C(=O)Nc1cccc(C#N)c1)oc1ccccc12. The number of carbonyl (C=O) groups excluding carboxylic acids is 1. The number of hydrogen-bond acceptors (Lipinski definition) is 5. The molecule has 29 heavy (non-hydrogen) atoms. The number of amides is 1. The lowest BCUT2D eigenvalue weighted by molar-refractivity contribution is -0.116. The van der Waals surface area contributed by atoms with Gasteiger partial charge in [-0.15, -0.1) is 0 Å². The smallest absolute Gasteiger partial charge is 0.246 e. The van der Waals surface area contributed by atoms with E-state index in [-0.39, 0.29) is 5.91 Å². The Kier molecular flexibility index (Phi) is 4.80. The molecule has 3 aromatic carbocycles. The van der Waals surface area contributed by atoms with Crippen LogP contribution in [-0.4, -0.2) is 19.1 Å². The largest absolute Gasteiger partial charge is 0.495 e. The van der Waals surface area contributed by atoms with Crippen LogP contribution in [0, 0.1) is 11.3 Å². The summed E-state index contributed by atoms with van der Waals surface area (Å²) in [5, 5.41) is 17.0. The lowest BCUT2D eigenvalue weighted by Gasteiger charge is -2.17. The molecular formula is C23H19N3O3. The van der Waals surface area contributed by atoms with Gasteiger partial charge in [0.25, 0.3) is 0 Å². The maximum Gasteiger partial charge on any atom is 0.246 e. The van der Waals surface area contributed by atoms with Crippen molar-refractivity contribution in [2.24, 2.45) is 0 Å². The number of ether oxygens (including phenoxy) is 1. The number of furan rings is 1. The van der Waals surface area contributed by atoms with Crippen molar-refractivity contribution in [1.82, 2.24) is 0 Å². The minimum absolute atomic E-state index is 0.230. The Balaban J connectivity index is 1.59. The molecule has 1 amide bonds. The van der Waals surface area contributed by atoms with Crippen molar-refractivity contribution in [2.75, 3.05) is 17.7 Å². The van der Waals surface area contributed by atoms with Crippen LogP contribution < -0.4 is 15.4 Å². The molecule has 0 spiro atoms. The zero-order valence-electron chi connectivity index (χ0n) is 16.0. The van der Waals surface area contributed by atoms with Crippen molar-refractivity contribution in [2.45, 2.75) is 13.0 Å². The Morgan fingerprint density at radius 1 is 1.07 bits per heavy atom. The van der Waals surface area contributed by atoms with Gasteiger partial charge in [-0.3, -0.25) is 4.79 Å². The summed E-state index contributed by atoms with van der Waals surface area (Å²) in [6.45, 7) is 1.76. The predicted molar refractivity (Wildman–Crippen MR) is 113 cm³/mol. The van der Waals surface area contributed by atoms with Crippen LogP contribution in [0.15, 0.2) is 65.1 Å². The second-order valence-corrected chi connectivity index (χ2v) is 6.69. The molecule has 0 bridgehead atoms. The van der Waals surface area contributed by atoms with E-state index in [1.54, 1.807) is 38.3 Å². The Labute approximate surface area is 167 Å². The Bertz CT molecular complexity index is 1250. The predicted octanol–water partition coefficient (Wildman–Crippen LogP) is 4.91. The second kappa shape index (κ2) is 7.56. The van der Waals surface area contributed by atoms with Gasteiger partial charge in [0.2, 0.25) is 5.91 Å². The molecule has 0 saturated carbocycles. The fourth-order valence-corrected chi connectivity index (χ4v) is 3.25. The molecule has 4 aromatic rings. The normalized spacial score (nSPS) is 11.8. The molecule has 1 atom stereocenters. The minimum atomic E-state index is -0.545. The van der Waals surface area contributed by atoms with Gasteiger partial charge in [0.05, 0.1) is 24.4 Å². The van der Waals surface area contributed by atoms with Crippen LogP contribution in [0.5, 0.6) is 5.75 Å². The third-order valence-corrected chi connectivity index (χ3v) is 4.72.